The van der Waals surface area contributed by atoms with Crippen molar-refractivity contribution in [3.8, 4) is 5.75 Å². The Morgan fingerprint density at radius 1 is 0.911 bits per heavy atom. The lowest BCUT2D eigenvalue weighted by Gasteiger charge is -2.36. The number of halogens is 4. The van der Waals surface area contributed by atoms with E-state index in [-0.39, 0.29) is 23.8 Å². The largest absolute Gasteiger partial charge is 0.507 e. The predicted molar refractivity (Wildman–Crippen MR) is 174 cm³/mol. The normalized spacial score (nSPS) is 15.1. The molecule has 3 N–H and O–H groups in total. The van der Waals surface area contributed by atoms with Crippen molar-refractivity contribution in [1.29, 1.82) is 0 Å². The number of phenolic OH excluding ortho intramolecular Hbond substituents is 1. The fraction of sp³-hybridized carbons (Fsp3) is 0.424. The third-order valence-corrected chi connectivity index (χ3v) is 9.08. The topological polar surface area (TPSA) is 79.3 Å². The highest BCUT2D eigenvalue weighted by molar-refractivity contribution is 7.99. The fourth-order valence-electron chi connectivity index (χ4n) is 5.25. The van der Waals surface area contributed by atoms with Crippen LogP contribution in [-0.4, -0.2) is 84.9 Å². The van der Waals surface area contributed by atoms with Crippen LogP contribution in [0, 0.1) is 0 Å². The summed E-state index contributed by atoms with van der Waals surface area (Å²) >= 11 is 7.18. The number of phenols is 1. The maximum absolute atomic E-state index is 13.3. The van der Waals surface area contributed by atoms with E-state index in [9.17, 15) is 23.1 Å². The molecule has 0 bridgehead atoms. The number of benzene rings is 3. The summed E-state index contributed by atoms with van der Waals surface area (Å²) in [5.74, 6) is -0.353. The average molecular weight is 665 g/mol. The smallest absolute Gasteiger partial charge is 0.416 e. The van der Waals surface area contributed by atoms with Gasteiger partial charge in [-0.25, -0.2) is 0 Å². The monoisotopic (exact) mass is 664 g/mol. The van der Waals surface area contributed by atoms with Gasteiger partial charge in [-0.1, -0.05) is 48.8 Å². The molecule has 0 spiro atoms. The van der Waals surface area contributed by atoms with Crippen molar-refractivity contribution in [2.75, 3.05) is 63.9 Å². The van der Waals surface area contributed by atoms with E-state index in [1.54, 1.807) is 12.1 Å². The van der Waals surface area contributed by atoms with Gasteiger partial charge < -0.3 is 25.3 Å². The second kappa shape index (κ2) is 16.6. The molecule has 0 aliphatic carbocycles. The highest BCUT2D eigenvalue weighted by Crippen LogP contribution is 2.49. The SMILES string of the molecule is CCCCNC(=O)c1ccc(Cl)cc1O.OCCN1CCN(CCCN2c3ccccc3Sc3ccc(C(F)(F)F)cc32)CC1. The van der Waals surface area contributed by atoms with Crippen LogP contribution in [0.15, 0.2) is 70.5 Å². The predicted octanol–water partition coefficient (Wildman–Crippen LogP) is 6.88. The van der Waals surface area contributed by atoms with Gasteiger partial charge >= 0.3 is 6.18 Å². The van der Waals surface area contributed by atoms with Gasteiger partial charge in [0.05, 0.1) is 29.1 Å². The van der Waals surface area contributed by atoms with Crippen LogP contribution in [0.4, 0.5) is 24.5 Å². The number of unbranched alkanes of at least 4 members (excludes halogenated alkanes) is 1. The van der Waals surface area contributed by atoms with Crippen LogP contribution in [0.5, 0.6) is 5.75 Å². The average Bonchev–Trinajstić information content (AvgIpc) is 3.01. The summed E-state index contributed by atoms with van der Waals surface area (Å²) in [4.78, 5) is 20.2. The molecule has 0 atom stereocenters. The third-order valence-electron chi connectivity index (χ3n) is 7.71. The number of anilines is 2. The molecule has 5 rings (SSSR count). The van der Waals surface area contributed by atoms with Crippen LogP contribution in [0.3, 0.4) is 0 Å². The van der Waals surface area contributed by atoms with Gasteiger partial charge in [-0.3, -0.25) is 9.69 Å². The molecule has 0 radical (unpaired) electrons. The van der Waals surface area contributed by atoms with E-state index in [0.717, 1.165) is 67.5 Å². The third kappa shape index (κ3) is 9.76. The summed E-state index contributed by atoms with van der Waals surface area (Å²) in [5, 5.41) is 21.7. The van der Waals surface area contributed by atoms with Gasteiger partial charge in [0.25, 0.3) is 5.91 Å². The molecule has 2 aliphatic rings. The standard InChI is InChI=1S/C22H26F3N3OS.C11H14ClNO2/c23-22(24,25)17-6-7-21-19(16-17)28(18-4-1-2-5-20(18)30-21)9-3-8-26-10-12-27(13-11-26)14-15-29;1-2-3-6-13-11(15)9-5-4-8(12)7-10(9)14/h1-2,4-7,16,29H,3,8-15H2;4-5,7,14H,2-3,6H2,1H3,(H,13,15). The van der Waals surface area contributed by atoms with E-state index in [1.807, 2.05) is 36.1 Å². The maximum atomic E-state index is 13.3. The number of aliphatic hydroxyl groups excluding tert-OH is 1. The van der Waals surface area contributed by atoms with E-state index < -0.39 is 11.7 Å². The van der Waals surface area contributed by atoms with Gasteiger partial charge in [0.2, 0.25) is 0 Å². The molecule has 0 saturated carbocycles. The zero-order valence-electron chi connectivity index (χ0n) is 25.3. The van der Waals surface area contributed by atoms with Crippen molar-refractivity contribution in [3.05, 3.63) is 76.8 Å². The van der Waals surface area contributed by atoms with Crippen molar-refractivity contribution in [3.63, 3.8) is 0 Å². The number of nitrogens with zero attached hydrogens (tertiary/aromatic N) is 3. The Labute approximate surface area is 272 Å². The molecular weight excluding hydrogens is 625 g/mol. The summed E-state index contributed by atoms with van der Waals surface area (Å²) in [6.45, 7) is 8.96. The minimum atomic E-state index is -4.35. The number of aliphatic hydroxyl groups is 1. The summed E-state index contributed by atoms with van der Waals surface area (Å²) in [6, 6.07) is 16.4. The Morgan fingerprint density at radius 2 is 1.60 bits per heavy atom. The lowest BCUT2D eigenvalue weighted by Crippen LogP contribution is -2.47. The molecule has 0 aromatic heterocycles. The van der Waals surface area contributed by atoms with Crippen LogP contribution in [-0.2, 0) is 6.18 Å². The first kappa shape index (κ1) is 34.9. The van der Waals surface area contributed by atoms with Crippen molar-refractivity contribution < 1.29 is 28.2 Å². The quantitative estimate of drug-likeness (QED) is 0.204. The van der Waals surface area contributed by atoms with Crippen LogP contribution in [0.2, 0.25) is 5.02 Å². The highest BCUT2D eigenvalue weighted by atomic mass is 35.5. The number of fused-ring (bicyclic) bond motifs is 2. The number of amides is 1. The van der Waals surface area contributed by atoms with Crippen molar-refractivity contribution in [2.24, 2.45) is 0 Å². The maximum Gasteiger partial charge on any atom is 0.416 e. The molecule has 3 aromatic rings. The first-order chi connectivity index (χ1) is 21.6. The minimum Gasteiger partial charge on any atom is -0.507 e. The number of carbonyl (C=O) groups is 1. The first-order valence-corrected chi connectivity index (χ1v) is 16.4. The molecule has 12 heteroatoms. The first-order valence-electron chi connectivity index (χ1n) is 15.2. The Hall–Kier alpha value is -2.96. The van der Waals surface area contributed by atoms with E-state index in [2.05, 4.69) is 15.1 Å². The molecule has 7 nitrogen and oxygen atoms in total. The summed E-state index contributed by atoms with van der Waals surface area (Å²) in [6.07, 6.45) is -1.53. The number of aromatic hydroxyl groups is 1. The van der Waals surface area contributed by atoms with Gasteiger partial charge in [0.1, 0.15) is 5.75 Å². The number of alkyl halides is 3. The van der Waals surface area contributed by atoms with Gasteiger partial charge in [-0.2, -0.15) is 13.2 Å². The zero-order chi connectivity index (χ0) is 32.4. The van der Waals surface area contributed by atoms with Crippen LogP contribution < -0.4 is 10.2 Å². The number of nitrogens with one attached hydrogen (secondary N) is 1. The highest BCUT2D eigenvalue weighted by Gasteiger charge is 2.33. The molecule has 45 heavy (non-hydrogen) atoms. The second-order valence-electron chi connectivity index (χ2n) is 10.9. The number of β-amino-alcohol motifs (C(OH)–C–C–N with tert-alkyl or cyclic N) is 1. The van der Waals surface area contributed by atoms with Crippen LogP contribution >= 0.6 is 23.4 Å². The van der Waals surface area contributed by atoms with E-state index in [4.69, 9.17) is 16.7 Å². The van der Waals surface area contributed by atoms with Crippen LogP contribution in [0.1, 0.15) is 42.1 Å². The van der Waals surface area contributed by atoms with E-state index in [0.29, 0.717) is 30.3 Å². The van der Waals surface area contributed by atoms with Gasteiger partial charge in [-0.05, 0) is 67.9 Å². The Bertz CT molecular complexity index is 1420. The number of para-hydroxylation sites is 1. The van der Waals surface area contributed by atoms with Crippen molar-refractivity contribution >= 4 is 40.6 Å². The van der Waals surface area contributed by atoms with Gasteiger partial charge in [0, 0.05) is 60.6 Å². The lowest BCUT2D eigenvalue weighted by atomic mass is 10.1. The number of piperazine rings is 1. The molecule has 0 unspecified atom stereocenters. The molecule has 2 aliphatic heterocycles. The van der Waals surface area contributed by atoms with E-state index >= 15 is 0 Å². The summed E-state index contributed by atoms with van der Waals surface area (Å²) in [5.41, 5.74) is 1.27. The number of carbonyl (C=O) groups excluding carboxylic acids is 1. The van der Waals surface area contributed by atoms with Crippen LogP contribution in [0.25, 0.3) is 0 Å². The molecular formula is C33H40ClF3N4O3S. The fourth-order valence-corrected chi connectivity index (χ4v) is 6.49. The Morgan fingerprint density at radius 3 is 2.27 bits per heavy atom. The minimum absolute atomic E-state index is 0.0866. The molecule has 3 aromatic carbocycles. The molecule has 2 heterocycles. The Kier molecular flexibility index (Phi) is 12.8. The number of hydrogen-bond donors (Lipinski definition) is 3. The number of hydrogen-bond acceptors (Lipinski definition) is 7. The molecule has 1 amide bonds. The summed E-state index contributed by atoms with van der Waals surface area (Å²) in [7, 11) is 0. The number of rotatable bonds is 10. The van der Waals surface area contributed by atoms with Gasteiger partial charge in [-0.15, -0.1) is 0 Å². The second-order valence-corrected chi connectivity index (χ2v) is 12.5. The molecule has 1 fully saturated rings. The lowest BCUT2D eigenvalue weighted by molar-refractivity contribution is -0.137. The van der Waals surface area contributed by atoms with Gasteiger partial charge in [0.15, 0.2) is 0 Å². The zero-order valence-corrected chi connectivity index (χ0v) is 26.9. The van der Waals surface area contributed by atoms with E-state index in [1.165, 1.54) is 36.0 Å². The summed E-state index contributed by atoms with van der Waals surface area (Å²) < 4.78 is 39.9. The molecule has 244 valence electrons. The Balaban J connectivity index is 0.000000259. The van der Waals surface area contributed by atoms with Crippen molar-refractivity contribution in [1.82, 2.24) is 15.1 Å². The van der Waals surface area contributed by atoms with Crippen molar-refractivity contribution in [2.45, 2.75) is 42.2 Å². The molecule has 1 saturated heterocycles.